The number of para-hydroxylation sites is 1. The van der Waals surface area contributed by atoms with Gasteiger partial charge in [-0.15, -0.1) is 10.2 Å². The molecule has 3 aromatic rings. The topological polar surface area (TPSA) is 134 Å². The monoisotopic (exact) mass is 544 g/mol. The second kappa shape index (κ2) is 10.9. The maximum absolute atomic E-state index is 12.3. The summed E-state index contributed by atoms with van der Waals surface area (Å²) in [6, 6.07) is 10.6. The summed E-state index contributed by atoms with van der Waals surface area (Å²) in [7, 11) is 3.04. The van der Waals surface area contributed by atoms with Gasteiger partial charge in [0.05, 0.1) is 32.9 Å². The maximum Gasteiger partial charge on any atom is 0.408 e. The third kappa shape index (κ3) is 5.68. The number of nitrogens with one attached hydrogen (secondary N) is 1. The van der Waals surface area contributed by atoms with Gasteiger partial charge in [0.25, 0.3) is 0 Å². The molecule has 4 rings (SSSR count). The van der Waals surface area contributed by atoms with Crippen LogP contribution < -0.4 is 14.8 Å². The first-order chi connectivity index (χ1) is 18.0. The summed E-state index contributed by atoms with van der Waals surface area (Å²) in [5.41, 5.74) is 1.16. The number of nitrogens with zero attached hydrogens (tertiary/aromatic N) is 3. The molecular weight excluding hydrogens is 516 g/mol. The second-order valence-electron chi connectivity index (χ2n) is 9.55. The van der Waals surface area contributed by atoms with Crippen LogP contribution >= 0.6 is 11.6 Å². The first-order valence-electron chi connectivity index (χ1n) is 11.8. The minimum absolute atomic E-state index is 0.0308. The number of rotatable bonds is 7. The Hall–Kier alpha value is -3.83. The highest BCUT2D eigenvalue weighted by molar-refractivity contribution is 6.30. The summed E-state index contributed by atoms with van der Waals surface area (Å²) in [5.74, 6) is 0.452. The molecule has 38 heavy (non-hydrogen) atoms. The van der Waals surface area contributed by atoms with Crippen LogP contribution in [0.15, 0.2) is 36.4 Å². The molecule has 1 aromatic heterocycles. The number of carbonyl (C=O) groups excluding carboxylic acids is 1. The molecule has 11 nitrogen and oxygen atoms in total. The highest BCUT2D eigenvalue weighted by atomic mass is 35.5. The Morgan fingerprint density at radius 2 is 1.89 bits per heavy atom. The van der Waals surface area contributed by atoms with Gasteiger partial charge >= 0.3 is 12.1 Å². The number of alkyl carbamates (subject to hydrolysis) is 1. The van der Waals surface area contributed by atoms with E-state index in [0.717, 1.165) is 0 Å². The van der Waals surface area contributed by atoms with Crippen LogP contribution in [0, 0.1) is 0 Å². The Labute approximate surface area is 224 Å². The van der Waals surface area contributed by atoms with Gasteiger partial charge < -0.3 is 29.4 Å². The molecule has 2 aromatic carbocycles. The molecule has 0 aliphatic carbocycles. The van der Waals surface area contributed by atoms with E-state index >= 15 is 0 Å². The molecule has 2 N–H and O–H groups in total. The van der Waals surface area contributed by atoms with Gasteiger partial charge in [0.1, 0.15) is 17.8 Å². The minimum Gasteiger partial charge on any atom is -0.493 e. The Morgan fingerprint density at radius 3 is 2.55 bits per heavy atom. The summed E-state index contributed by atoms with van der Waals surface area (Å²) < 4.78 is 24.6. The summed E-state index contributed by atoms with van der Waals surface area (Å²) >= 11 is 6.42. The zero-order valence-corrected chi connectivity index (χ0v) is 22.4. The maximum atomic E-state index is 12.3. The van der Waals surface area contributed by atoms with Gasteiger partial charge in [0.15, 0.2) is 23.1 Å². The van der Waals surface area contributed by atoms with Crippen molar-refractivity contribution in [1.82, 2.24) is 20.1 Å². The molecule has 2 atom stereocenters. The summed E-state index contributed by atoms with van der Waals surface area (Å²) in [4.78, 5) is 24.2. The zero-order chi connectivity index (χ0) is 27.6. The molecular formula is C26H29ClN4O7. The van der Waals surface area contributed by atoms with Crippen LogP contribution in [-0.2, 0) is 20.8 Å². The lowest BCUT2D eigenvalue weighted by atomic mass is 9.98. The highest BCUT2D eigenvalue weighted by Crippen LogP contribution is 2.46. The number of hydrogen-bond acceptors (Lipinski definition) is 8. The molecule has 1 aliphatic heterocycles. The van der Waals surface area contributed by atoms with Crippen molar-refractivity contribution >= 4 is 23.7 Å². The van der Waals surface area contributed by atoms with Gasteiger partial charge in [-0.3, -0.25) is 9.36 Å². The summed E-state index contributed by atoms with van der Waals surface area (Å²) in [5, 5.41) is 21.3. The molecule has 0 spiro atoms. The number of halogens is 1. The van der Waals surface area contributed by atoms with Crippen LogP contribution in [-0.4, -0.2) is 51.8 Å². The average Bonchev–Trinajstić information content (AvgIpc) is 3.22. The smallest absolute Gasteiger partial charge is 0.408 e. The Bertz CT molecular complexity index is 1350. The van der Waals surface area contributed by atoms with Gasteiger partial charge in [0, 0.05) is 16.1 Å². The number of carboxylic acids is 1. The van der Waals surface area contributed by atoms with Crippen LogP contribution in [0.1, 0.15) is 62.2 Å². The Morgan fingerprint density at radius 1 is 1.13 bits per heavy atom. The van der Waals surface area contributed by atoms with Crippen molar-refractivity contribution in [3.8, 4) is 17.2 Å². The van der Waals surface area contributed by atoms with E-state index in [1.165, 1.54) is 14.2 Å². The number of hydrogen-bond donors (Lipinski definition) is 2. The number of amides is 1. The van der Waals surface area contributed by atoms with Crippen molar-refractivity contribution in [2.75, 3.05) is 14.2 Å². The van der Waals surface area contributed by atoms with Gasteiger partial charge in [-0.05, 0) is 45.0 Å². The first-order valence-corrected chi connectivity index (χ1v) is 12.2. The highest BCUT2D eigenvalue weighted by Gasteiger charge is 2.36. The lowest BCUT2D eigenvalue weighted by molar-refractivity contribution is -0.141. The predicted octanol–water partition coefficient (Wildman–Crippen LogP) is 4.60. The van der Waals surface area contributed by atoms with E-state index in [0.29, 0.717) is 39.2 Å². The number of benzene rings is 2. The van der Waals surface area contributed by atoms with Crippen LogP contribution in [0.3, 0.4) is 0 Å². The summed E-state index contributed by atoms with van der Waals surface area (Å²) in [6.45, 7) is 5.25. The van der Waals surface area contributed by atoms with E-state index in [1.54, 1.807) is 55.7 Å². The van der Waals surface area contributed by atoms with Crippen LogP contribution in [0.2, 0.25) is 5.02 Å². The van der Waals surface area contributed by atoms with Crippen LogP contribution in [0.5, 0.6) is 11.5 Å². The minimum atomic E-state index is -1.08. The standard InChI is InChI=1S/C26H29ClN4O7/c1-26(2,3)38-25(34)28-13-20-29-30-24-19(12-21(32)33)37-22(15-7-6-8-18(35-4)23(15)36-5)16-11-14(27)9-10-17(16)31(20)24/h6-11,19,22H,12-13H2,1-5H3,(H,28,34)(H,32,33). The molecule has 202 valence electrons. The quantitative estimate of drug-likeness (QED) is 0.437. The number of carboxylic acid groups (broad SMARTS) is 1. The van der Waals surface area contributed by atoms with Crippen LogP contribution in [0.25, 0.3) is 5.69 Å². The number of carbonyl (C=O) groups is 2. The third-order valence-corrected chi connectivity index (χ3v) is 5.96. The van der Waals surface area contributed by atoms with E-state index in [4.69, 9.17) is 30.5 Å². The van der Waals surface area contributed by atoms with E-state index in [2.05, 4.69) is 15.5 Å². The average molecular weight is 545 g/mol. The number of fused-ring (bicyclic) bond motifs is 3. The van der Waals surface area contributed by atoms with E-state index in [1.807, 2.05) is 6.07 Å². The van der Waals surface area contributed by atoms with Crippen molar-refractivity contribution in [3.05, 3.63) is 64.2 Å². The van der Waals surface area contributed by atoms with Gasteiger partial charge in [0.2, 0.25) is 0 Å². The number of methoxy groups -OCH3 is 2. The van der Waals surface area contributed by atoms with E-state index < -0.39 is 29.9 Å². The van der Waals surface area contributed by atoms with Crippen LogP contribution in [0.4, 0.5) is 4.79 Å². The normalized spacial score (nSPS) is 16.6. The van der Waals surface area contributed by atoms with Crippen molar-refractivity contribution < 1.29 is 33.6 Å². The Balaban J connectivity index is 1.86. The fourth-order valence-electron chi connectivity index (χ4n) is 4.28. The SMILES string of the molecule is COc1cccc(C2OC(CC(=O)O)c3nnc(CNC(=O)OC(C)(C)C)n3-c3ccc(Cl)cc32)c1OC. The van der Waals surface area contributed by atoms with Gasteiger partial charge in [-0.25, -0.2) is 4.79 Å². The van der Waals surface area contributed by atoms with Gasteiger partial charge in [-0.1, -0.05) is 23.7 Å². The number of ether oxygens (including phenoxy) is 4. The lowest BCUT2D eigenvalue weighted by Crippen LogP contribution is -2.32. The molecule has 0 bridgehead atoms. The largest absolute Gasteiger partial charge is 0.493 e. The van der Waals surface area contributed by atoms with Crippen molar-refractivity contribution in [2.24, 2.45) is 0 Å². The number of aromatic nitrogens is 3. The molecule has 1 amide bonds. The fourth-order valence-corrected chi connectivity index (χ4v) is 4.46. The molecule has 0 saturated heterocycles. The molecule has 0 fully saturated rings. The fraction of sp³-hybridized carbons (Fsp3) is 0.385. The molecule has 2 heterocycles. The van der Waals surface area contributed by atoms with Crippen molar-refractivity contribution in [1.29, 1.82) is 0 Å². The van der Waals surface area contributed by atoms with E-state index in [-0.39, 0.29) is 18.8 Å². The van der Waals surface area contributed by atoms with Crippen molar-refractivity contribution in [2.45, 2.75) is 51.5 Å². The van der Waals surface area contributed by atoms with Gasteiger partial charge in [-0.2, -0.15) is 0 Å². The van der Waals surface area contributed by atoms with Crippen molar-refractivity contribution in [3.63, 3.8) is 0 Å². The predicted molar refractivity (Wildman–Crippen MR) is 137 cm³/mol. The second-order valence-corrected chi connectivity index (χ2v) is 9.99. The third-order valence-electron chi connectivity index (χ3n) is 5.72. The summed E-state index contributed by atoms with van der Waals surface area (Å²) in [6.07, 6.45) is -2.81. The Kier molecular flexibility index (Phi) is 7.79. The molecule has 0 radical (unpaired) electrons. The lowest BCUT2D eigenvalue weighted by Gasteiger charge is -2.24. The van der Waals surface area contributed by atoms with E-state index in [9.17, 15) is 14.7 Å². The molecule has 0 saturated carbocycles. The number of aliphatic carboxylic acids is 1. The molecule has 2 unspecified atom stereocenters. The molecule has 1 aliphatic rings. The first kappa shape index (κ1) is 27.2. The molecule has 12 heteroatoms. The zero-order valence-electron chi connectivity index (χ0n) is 21.6.